The van der Waals surface area contributed by atoms with Gasteiger partial charge in [-0.1, -0.05) is 25.1 Å². The van der Waals surface area contributed by atoms with Gasteiger partial charge in [0, 0.05) is 24.4 Å². The first kappa shape index (κ1) is 13.7. The molecule has 2 aromatic heterocycles. The molecule has 0 bridgehead atoms. The van der Waals surface area contributed by atoms with Crippen LogP contribution >= 0.6 is 0 Å². The molecule has 2 heterocycles. The summed E-state index contributed by atoms with van der Waals surface area (Å²) in [5, 5.41) is 7.34. The fourth-order valence-corrected chi connectivity index (χ4v) is 1.76. The highest BCUT2D eigenvalue weighted by molar-refractivity contribution is 5.09. The summed E-state index contributed by atoms with van der Waals surface area (Å²) < 4.78 is 5.23. The molecule has 0 aromatic carbocycles. The highest BCUT2D eigenvalue weighted by Gasteiger charge is 2.07. The first-order valence-corrected chi connectivity index (χ1v) is 6.69. The van der Waals surface area contributed by atoms with E-state index in [1.807, 2.05) is 18.2 Å². The van der Waals surface area contributed by atoms with E-state index in [4.69, 9.17) is 4.52 Å². The molecule has 0 atom stereocenters. The lowest BCUT2D eigenvalue weighted by atomic mass is 10.2. The van der Waals surface area contributed by atoms with E-state index in [1.165, 1.54) is 0 Å². The van der Waals surface area contributed by atoms with E-state index in [2.05, 4.69) is 34.3 Å². The molecule has 0 amide bonds. The Morgan fingerprint density at radius 1 is 1.32 bits per heavy atom. The van der Waals surface area contributed by atoms with Gasteiger partial charge in [-0.15, -0.1) is 0 Å². The summed E-state index contributed by atoms with van der Waals surface area (Å²) in [7, 11) is 0. The number of aromatic nitrogens is 3. The Balaban J connectivity index is 1.79. The number of rotatable bonds is 7. The molecule has 0 fully saturated rings. The van der Waals surface area contributed by atoms with Gasteiger partial charge < -0.3 is 9.84 Å². The average molecular weight is 260 g/mol. The Morgan fingerprint density at radius 3 is 2.95 bits per heavy atom. The molecule has 0 unspecified atom stereocenters. The lowest BCUT2D eigenvalue weighted by molar-refractivity contribution is 0.369. The second-order valence-electron chi connectivity index (χ2n) is 4.81. The molecule has 0 saturated heterocycles. The van der Waals surface area contributed by atoms with Crippen LogP contribution in [0.1, 0.15) is 37.7 Å². The molecule has 5 heteroatoms. The fraction of sp³-hybridized carbons (Fsp3) is 0.500. The molecule has 19 heavy (non-hydrogen) atoms. The molecular weight excluding hydrogens is 240 g/mol. The summed E-state index contributed by atoms with van der Waals surface area (Å²) in [5.41, 5.74) is 0.955. The maximum atomic E-state index is 5.23. The third-order valence-electron chi connectivity index (χ3n) is 2.70. The Bertz CT molecular complexity index is 481. The van der Waals surface area contributed by atoms with Gasteiger partial charge in [0.2, 0.25) is 5.89 Å². The van der Waals surface area contributed by atoms with Crippen LogP contribution in [0.4, 0.5) is 0 Å². The van der Waals surface area contributed by atoms with Crippen molar-refractivity contribution in [1.29, 1.82) is 0 Å². The van der Waals surface area contributed by atoms with Gasteiger partial charge in [-0.3, -0.25) is 4.98 Å². The lowest BCUT2D eigenvalue weighted by Crippen LogP contribution is -2.23. The summed E-state index contributed by atoms with van der Waals surface area (Å²) >= 11 is 0. The summed E-state index contributed by atoms with van der Waals surface area (Å²) in [6.07, 6.45) is 4.21. The predicted molar refractivity (Wildman–Crippen MR) is 72.8 cm³/mol. The van der Waals surface area contributed by atoms with Crippen LogP contribution in [0, 0.1) is 0 Å². The standard InChI is InChI=1S/C14H20N4O/c1-11(2)15-9-5-7-14-17-13(18-19-14)10-12-6-3-4-8-16-12/h3-4,6,8,11,15H,5,7,9-10H2,1-2H3. The van der Waals surface area contributed by atoms with Crippen LogP contribution < -0.4 is 5.32 Å². The minimum atomic E-state index is 0.516. The van der Waals surface area contributed by atoms with Gasteiger partial charge in [-0.05, 0) is 25.1 Å². The van der Waals surface area contributed by atoms with Crippen molar-refractivity contribution in [3.63, 3.8) is 0 Å². The van der Waals surface area contributed by atoms with Gasteiger partial charge in [0.25, 0.3) is 0 Å². The topological polar surface area (TPSA) is 63.8 Å². The predicted octanol–water partition coefficient (Wildman–Crippen LogP) is 1.99. The van der Waals surface area contributed by atoms with Crippen LogP contribution in [0.25, 0.3) is 0 Å². The van der Waals surface area contributed by atoms with Gasteiger partial charge >= 0.3 is 0 Å². The van der Waals surface area contributed by atoms with E-state index in [0.717, 1.165) is 25.1 Å². The number of aryl methyl sites for hydroxylation is 1. The van der Waals surface area contributed by atoms with E-state index in [0.29, 0.717) is 24.2 Å². The molecule has 5 nitrogen and oxygen atoms in total. The Morgan fingerprint density at radius 2 is 2.21 bits per heavy atom. The van der Waals surface area contributed by atoms with Crippen LogP contribution in [0.3, 0.4) is 0 Å². The molecule has 102 valence electrons. The highest BCUT2D eigenvalue weighted by atomic mass is 16.5. The molecule has 0 aliphatic carbocycles. The molecule has 1 N–H and O–H groups in total. The van der Waals surface area contributed by atoms with E-state index in [-0.39, 0.29) is 0 Å². The van der Waals surface area contributed by atoms with Crippen LogP contribution in [0.2, 0.25) is 0 Å². The Hall–Kier alpha value is -1.75. The highest BCUT2D eigenvalue weighted by Crippen LogP contribution is 2.05. The Kier molecular flexibility index (Phi) is 5.03. The zero-order chi connectivity index (χ0) is 13.5. The smallest absolute Gasteiger partial charge is 0.226 e. The van der Waals surface area contributed by atoms with Gasteiger partial charge in [0.05, 0.1) is 6.42 Å². The van der Waals surface area contributed by atoms with Crippen LogP contribution in [0.15, 0.2) is 28.9 Å². The maximum Gasteiger partial charge on any atom is 0.226 e. The third kappa shape index (κ3) is 4.79. The van der Waals surface area contributed by atoms with Crippen LogP contribution in [0.5, 0.6) is 0 Å². The molecule has 2 aromatic rings. The molecule has 0 aliphatic heterocycles. The molecular formula is C14H20N4O. The zero-order valence-corrected chi connectivity index (χ0v) is 11.5. The van der Waals surface area contributed by atoms with E-state index in [9.17, 15) is 0 Å². The second kappa shape index (κ2) is 6.99. The SMILES string of the molecule is CC(C)NCCCc1nc(Cc2ccccn2)no1. The summed E-state index contributed by atoms with van der Waals surface area (Å²) in [6.45, 7) is 5.24. The van der Waals surface area contributed by atoms with Crippen molar-refractivity contribution < 1.29 is 4.52 Å². The van der Waals surface area contributed by atoms with Crippen molar-refractivity contribution in [2.75, 3.05) is 6.54 Å². The van der Waals surface area contributed by atoms with Gasteiger partial charge in [-0.2, -0.15) is 4.98 Å². The quantitative estimate of drug-likeness (QED) is 0.771. The van der Waals surface area contributed by atoms with Crippen molar-refractivity contribution in [3.05, 3.63) is 41.8 Å². The van der Waals surface area contributed by atoms with Crippen molar-refractivity contribution >= 4 is 0 Å². The summed E-state index contributed by atoms with van der Waals surface area (Å²) in [5.74, 6) is 1.40. The fourth-order valence-electron chi connectivity index (χ4n) is 1.76. The number of hydrogen-bond donors (Lipinski definition) is 1. The zero-order valence-electron chi connectivity index (χ0n) is 11.5. The normalized spacial score (nSPS) is 11.1. The number of hydrogen-bond acceptors (Lipinski definition) is 5. The minimum Gasteiger partial charge on any atom is -0.339 e. The minimum absolute atomic E-state index is 0.516. The van der Waals surface area contributed by atoms with E-state index in [1.54, 1.807) is 6.20 Å². The molecule has 0 saturated carbocycles. The van der Waals surface area contributed by atoms with Crippen molar-refractivity contribution in [3.8, 4) is 0 Å². The van der Waals surface area contributed by atoms with Crippen LogP contribution in [-0.2, 0) is 12.8 Å². The first-order valence-electron chi connectivity index (χ1n) is 6.69. The monoisotopic (exact) mass is 260 g/mol. The number of pyridine rings is 1. The van der Waals surface area contributed by atoms with Crippen molar-refractivity contribution in [1.82, 2.24) is 20.4 Å². The summed E-state index contributed by atoms with van der Waals surface area (Å²) in [6, 6.07) is 6.33. The second-order valence-corrected chi connectivity index (χ2v) is 4.81. The largest absolute Gasteiger partial charge is 0.339 e. The third-order valence-corrected chi connectivity index (χ3v) is 2.70. The van der Waals surface area contributed by atoms with Gasteiger partial charge in [-0.25, -0.2) is 0 Å². The average Bonchev–Trinajstić information content (AvgIpc) is 2.83. The molecule has 0 spiro atoms. The van der Waals surface area contributed by atoms with E-state index < -0.39 is 0 Å². The number of nitrogens with one attached hydrogen (secondary N) is 1. The molecule has 2 rings (SSSR count). The molecule has 0 aliphatic rings. The first-order chi connectivity index (χ1) is 9.24. The summed E-state index contributed by atoms with van der Waals surface area (Å²) in [4.78, 5) is 8.62. The Labute approximate surface area is 113 Å². The van der Waals surface area contributed by atoms with Crippen molar-refractivity contribution in [2.24, 2.45) is 0 Å². The number of nitrogens with zero attached hydrogens (tertiary/aromatic N) is 3. The molecule has 0 radical (unpaired) electrons. The maximum absolute atomic E-state index is 5.23. The van der Waals surface area contributed by atoms with Crippen molar-refractivity contribution in [2.45, 2.75) is 39.2 Å². The van der Waals surface area contributed by atoms with Crippen LogP contribution in [-0.4, -0.2) is 27.7 Å². The van der Waals surface area contributed by atoms with Gasteiger partial charge in [0.1, 0.15) is 0 Å². The van der Waals surface area contributed by atoms with Gasteiger partial charge in [0.15, 0.2) is 5.82 Å². The van der Waals surface area contributed by atoms with E-state index >= 15 is 0 Å². The lowest BCUT2D eigenvalue weighted by Gasteiger charge is -2.05.